The van der Waals surface area contributed by atoms with Crippen molar-refractivity contribution in [3.05, 3.63) is 23.8 Å². The average molecular weight is 269 g/mol. The zero-order valence-corrected chi connectivity index (χ0v) is 11.0. The number of benzene rings is 1. The van der Waals surface area contributed by atoms with E-state index in [0.717, 1.165) is 36.0 Å². The Bertz CT molecular complexity index is 480. The third-order valence-corrected chi connectivity index (χ3v) is 2.41. The predicted octanol–water partition coefficient (Wildman–Crippen LogP) is 2.52. The Morgan fingerprint density at radius 3 is 3.00 bits per heavy atom. The molecule has 0 bridgehead atoms. The smallest absolute Gasteiger partial charge is 0.195 e. The van der Waals surface area contributed by atoms with Gasteiger partial charge in [0.25, 0.3) is 0 Å². The molecule has 0 aromatic heterocycles. The first-order chi connectivity index (χ1) is 7.79. The third-order valence-electron chi connectivity index (χ3n) is 2.32. The summed E-state index contributed by atoms with van der Waals surface area (Å²) < 4.78 is 0. The molecule has 0 unspecified atom stereocenters. The first-order valence-electron chi connectivity index (χ1n) is 5.03. The fourth-order valence-corrected chi connectivity index (χ4v) is 1.58. The van der Waals surface area contributed by atoms with Gasteiger partial charge < -0.3 is 10.6 Å². The number of hydrogen-bond acceptors (Lipinski definition) is 5. The van der Waals surface area contributed by atoms with E-state index in [1.165, 1.54) is 0 Å². The number of nitrogens with zero attached hydrogens (tertiary/aromatic N) is 2. The van der Waals surface area contributed by atoms with E-state index in [-0.39, 0.29) is 12.4 Å². The van der Waals surface area contributed by atoms with E-state index in [9.17, 15) is 0 Å². The summed E-state index contributed by atoms with van der Waals surface area (Å²) in [5, 5.41) is 8.74. The van der Waals surface area contributed by atoms with Crippen LogP contribution in [0.4, 0.5) is 11.4 Å². The largest absolute Gasteiger partial charge is 0.354 e. The van der Waals surface area contributed by atoms with Gasteiger partial charge in [-0.15, -0.1) is 12.4 Å². The maximum absolute atomic E-state index is 4.58. The number of guanidine groups is 1. The van der Waals surface area contributed by atoms with Crippen molar-refractivity contribution in [3.63, 3.8) is 0 Å². The summed E-state index contributed by atoms with van der Waals surface area (Å²) in [7, 11) is 0. The first-order valence-corrected chi connectivity index (χ1v) is 5.44. The monoisotopic (exact) mass is 268 g/mol. The minimum atomic E-state index is 0. The van der Waals surface area contributed by atoms with Crippen LogP contribution in [0.5, 0.6) is 0 Å². The Labute approximate surface area is 112 Å². The molecule has 4 nitrogen and oxygen atoms in total. The normalized spacial score (nSPS) is 12.9. The van der Waals surface area contributed by atoms with E-state index in [0.29, 0.717) is 0 Å². The molecule has 0 aliphatic carbocycles. The van der Waals surface area contributed by atoms with Gasteiger partial charge in [-0.25, -0.2) is 0 Å². The highest BCUT2D eigenvalue weighted by atomic mass is 35.5. The standard InChI is InChI=1S/C11H12N4S.ClH/c1-8-2-3-9(14-7-16)6-10(8)15-11-12-4-5-13-11;/h2-3,6H,4-5H2,1H3,(H2,12,13,15);1H. The van der Waals surface area contributed by atoms with Crippen molar-refractivity contribution < 1.29 is 0 Å². The van der Waals surface area contributed by atoms with E-state index in [1.807, 2.05) is 25.1 Å². The molecule has 90 valence electrons. The molecule has 1 aliphatic rings. The van der Waals surface area contributed by atoms with Gasteiger partial charge in [0.15, 0.2) is 5.96 Å². The average Bonchev–Trinajstić information content (AvgIpc) is 2.76. The van der Waals surface area contributed by atoms with Crippen molar-refractivity contribution in [1.82, 2.24) is 5.32 Å². The van der Waals surface area contributed by atoms with Crippen LogP contribution in [0.1, 0.15) is 5.56 Å². The zero-order chi connectivity index (χ0) is 11.4. The van der Waals surface area contributed by atoms with Crippen LogP contribution in [-0.4, -0.2) is 24.2 Å². The van der Waals surface area contributed by atoms with Crippen molar-refractivity contribution in [3.8, 4) is 0 Å². The van der Waals surface area contributed by atoms with Gasteiger partial charge in [0.05, 0.1) is 17.4 Å². The van der Waals surface area contributed by atoms with Gasteiger partial charge >= 0.3 is 0 Å². The summed E-state index contributed by atoms with van der Waals surface area (Å²) in [6.07, 6.45) is 0. The molecule has 0 atom stereocenters. The number of aryl methyl sites for hydroxylation is 1. The summed E-state index contributed by atoms with van der Waals surface area (Å²) >= 11 is 4.58. The van der Waals surface area contributed by atoms with Gasteiger partial charge in [0, 0.05) is 12.2 Å². The molecule has 0 amide bonds. The van der Waals surface area contributed by atoms with Crippen molar-refractivity contribution >= 4 is 47.1 Å². The Morgan fingerprint density at radius 1 is 1.53 bits per heavy atom. The maximum Gasteiger partial charge on any atom is 0.195 e. The van der Waals surface area contributed by atoms with E-state index < -0.39 is 0 Å². The lowest BCUT2D eigenvalue weighted by Gasteiger charge is -2.09. The number of aliphatic imine (C=N–C) groups is 2. The van der Waals surface area contributed by atoms with Gasteiger partial charge in [-0.3, -0.25) is 4.99 Å². The second-order valence-electron chi connectivity index (χ2n) is 3.48. The van der Waals surface area contributed by atoms with Crippen LogP contribution in [0.3, 0.4) is 0 Å². The fourth-order valence-electron chi connectivity index (χ4n) is 1.48. The summed E-state index contributed by atoms with van der Waals surface area (Å²) in [5.74, 6) is 0.812. The summed E-state index contributed by atoms with van der Waals surface area (Å²) in [6.45, 7) is 3.74. The molecular formula is C11H13ClN4S. The lowest BCUT2D eigenvalue weighted by Crippen LogP contribution is -2.26. The molecule has 1 aromatic rings. The minimum Gasteiger partial charge on any atom is -0.354 e. The molecule has 2 N–H and O–H groups in total. The molecule has 1 aliphatic heterocycles. The Morgan fingerprint density at radius 2 is 2.35 bits per heavy atom. The van der Waals surface area contributed by atoms with Crippen LogP contribution in [0.15, 0.2) is 28.2 Å². The van der Waals surface area contributed by atoms with Gasteiger partial charge in [-0.1, -0.05) is 6.07 Å². The van der Waals surface area contributed by atoms with Crippen LogP contribution in [0, 0.1) is 6.92 Å². The Hall–Kier alpha value is -1.42. The molecule has 0 radical (unpaired) electrons. The van der Waals surface area contributed by atoms with Crippen LogP contribution in [-0.2, 0) is 0 Å². The van der Waals surface area contributed by atoms with Crippen molar-refractivity contribution in [1.29, 1.82) is 0 Å². The molecular weight excluding hydrogens is 256 g/mol. The third kappa shape index (κ3) is 3.53. The lowest BCUT2D eigenvalue weighted by molar-refractivity contribution is 0.959. The topological polar surface area (TPSA) is 48.8 Å². The molecule has 0 saturated heterocycles. The van der Waals surface area contributed by atoms with Crippen LogP contribution >= 0.6 is 24.6 Å². The molecule has 0 saturated carbocycles. The number of rotatable bonds is 2. The van der Waals surface area contributed by atoms with Gasteiger partial charge in [0.2, 0.25) is 0 Å². The molecule has 6 heteroatoms. The Kier molecular flexibility index (Phi) is 5.10. The van der Waals surface area contributed by atoms with E-state index in [1.54, 1.807) is 0 Å². The highest BCUT2D eigenvalue weighted by Gasteiger charge is 2.06. The van der Waals surface area contributed by atoms with Crippen molar-refractivity contribution in [2.24, 2.45) is 9.98 Å². The minimum absolute atomic E-state index is 0. The van der Waals surface area contributed by atoms with Gasteiger partial charge in [-0.2, -0.15) is 4.99 Å². The predicted molar refractivity (Wildman–Crippen MR) is 77.0 cm³/mol. The van der Waals surface area contributed by atoms with Crippen LogP contribution < -0.4 is 10.6 Å². The van der Waals surface area contributed by atoms with E-state index in [2.05, 4.69) is 38.0 Å². The van der Waals surface area contributed by atoms with Gasteiger partial charge in [-0.05, 0) is 36.8 Å². The number of hydrogen-bond donors (Lipinski definition) is 2. The molecule has 17 heavy (non-hydrogen) atoms. The SMILES string of the molecule is Cc1ccc(N=C=S)cc1NC1=NCCN1.Cl. The Balaban J connectivity index is 0.00000144. The fraction of sp³-hybridized carbons (Fsp3) is 0.273. The van der Waals surface area contributed by atoms with Crippen LogP contribution in [0.25, 0.3) is 0 Å². The number of nitrogens with one attached hydrogen (secondary N) is 2. The number of halogens is 1. The van der Waals surface area contributed by atoms with Gasteiger partial charge in [0.1, 0.15) is 0 Å². The summed E-state index contributed by atoms with van der Waals surface area (Å²) in [4.78, 5) is 8.22. The summed E-state index contributed by atoms with van der Waals surface area (Å²) in [5.41, 5.74) is 2.92. The molecule has 2 rings (SSSR count). The highest BCUT2D eigenvalue weighted by molar-refractivity contribution is 7.78. The summed E-state index contributed by atoms with van der Waals surface area (Å²) in [6, 6.07) is 5.82. The number of isothiocyanates is 1. The zero-order valence-electron chi connectivity index (χ0n) is 9.36. The second kappa shape index (κ2) is 6.35. The first kappa shape index (κ1) is 13.6. The number of anilines is 1. The molecule has 0 spiro atoms. The molecule has 1 heterocycles. The lowest BCUT2D eigenvalue weighted by atomic mass is 10.2. The van der Waals surface area contributed by atoms with E-state index >= 15 is 0 Å². The quantitative estimate of drug-likeness (QED) is 0.640. The highest BCUT2D eigenvalue weighted by Crippen LogP contribution is 2.22. The van der Waals surface area contributed by atoms with E-state index in [4.69, 9.17) is 0 Å². The molecule has 0 fully saturated rings. The van der Waals surface area contributed by atoms with Crippen molar-refractivity contribution in [2.75, 3.05) is 18.4 Å². The number of thiocarbonyl (C=S) groups is 1. The molecule has 1 aromatic carbocycles. The van der Waals surface area contributed by atoms with Crippen molar-refractivity contribution in [2.45, 2.75) is 6.92 Å². The maximum atomic E-state index is 4.58. The second-order valence-corrected chi connectivity index (χ2v) is 3.67. The van der Waals surface area contributed by atoms with Crippen LogP contribution in [0.2, 0.25) is 0 Å².